The number of rotatable bonds is 6. The highest BCUT2D eigenvalue weighted by molar-refractivity contribution is 8.00. The Labute approximate surface area is 98.6 Å². The molecule has 0 aliphatic carbocycles. The van der Waals surface area contributed by atoms with Crippen molar-refractivity contribution in [1.82, 2.24) is 5.16 Å². The monoisotopic (exact) mass is 244 g/mol. The molecule has 0 aromatic carbocycles. The van der Waals surface area contributed by atoms with E-state index in [-0.39, 0.29) is 17.8 Å². The van der Waals surface area contributed by atoms with Crippen molar-refractivity contribution in [2.75, 3.05) is 17.7 Å². The van der Waals surface area contributed by atoms with E-state index in [0.717, 1.165) is 0 Å². The predicted molar refractivity (Wildman–Crippen MR) is 63.5 cm³/mol. The number of aryl methyl sites for hydroxylation is 1. The molecule has 0 saturated heterocycles. The van der Waals surface area contributed by atoms with Gasteiger partial charge >= 0.3 is 0 Å². The number of thioether (sulfide) groups is 1. The Bertz CT molecular complexity index is 341. The number of nitrogens with zero attached hydrogens (tertiary/aromatic N) is 1. The van der Waals surface area contributed by atoms with E-state index >= 15 is 0 Å². The number of nitrogens with one attached hydrogen (secondary N) is 1. The van der Waals surface area contributed by atoms with E-state index < -0.39 is 0 Å². The second kappa shape index (κ2) is 6.55. The van der Waals surface area contributed by atoms with Crippen LogP contribution in [0.2, 0.25) is 0 Å². The van der Waals surface area contributed by atoms with Gasteiger partial charge in [-0.25, -0.2) is 0 Å². The summed E-state index contributed by atoms with van der Waals surface area (Å²) in [6.45, 7) is 3.90. The molecule has 1 unspecified atom stereocenters. The zero-order valence-corrected chi connectivity index (χ0v) is 10.2. The first-order valence-electron chi connectivity index (χ1n) is 5.07. The Hall–Kier alpha value is -1.01. The largest absolute Gasteiger partial charge is 0.396 e. The lowest BCUT2D eigenvalue weighted by atomic mass is 10.3. The number of aromatic nitrogens is 1. The molecular weight excluding hydrogens is 228 g/mol. The molecule has 1 heterocycles. The third-order valence-corrected chi connectivity index (χ3v) is 3.16. The van der Waals surface area contributed by atoms with Crippen molar-refractivity contribution in [3.63, 3.8) is 0 Å². The third-order valence-electron chi connectivity index (χ3n) is 1.93. The highest BCUT2D eigenvalue weighted by Gasteiger charge is 2.08. The molecule has 16 heavy (non-hydrogen) atoms. The molecule has 1 aromatic rings. The molecule has 90 valence electrons. The number of aliphatic hydroxyl groups is 1. The van der Waals surface area contributed by atoms with Crippen molar-refractivity contribution in [2.24, 2.45) is 0 Å². The quantitative estimate of drug-likeness (QED) is 0.791. The topological polar surface area (TPSA) is 75.4 Å². The summed E-state index contributed by atoms with van der Waals surface area (Å²) in [7, 11) is 0. The Kier molecular flexibility index (Phi) is 5.34. The van der Waals surface area contributed by atoms with Crippen LogP contribution in [-0.4, -0.2) is 33.8 Å². The Morgan fingerprint density at radius 2 is 2.50 bits per heavy atom. The van der Waals surface area contributed by atoms with Crippen molar-refractivity contribution in [2.45, 2.75) is 25.5 Å². The average molecular weight is 244 g/mol. The van der Waals surface area contributed by atoms with E-state index in [1.54, 1.807) is 13.0 Å². The summed E-state index contributed by atoms with van der Waals surface area (Å²) in [6, 6.07) is 1.67. The summed E-state index contributed by atoms with van der Waals surface area (Å²) >= 11 is 1.50. The summed E-state index contributed by atoms with van der Waals surface area (Å²) in [5.74, 6) is 1.35. The summed E-state index contributed by atoms with van der Waals surface area (Å²) < 4.78 is 4.82. The summed E-state index contributed by atoms with van der Waals surface area (Å²) in [5.41, 5.74) is 0. The van der Waals surface area contributed by atoms with Crippen LogP contribution in [0.15, 0.2) is 10.6 Å². The van der Waals surface area contributed by atoms with Gasteiger partial charge in [0, 0.05) is 17.9 Å². The van der Waals surface area contributed by atoms with Gasteiger partial charge in [0.25, 0.3) is 0 Å². The van der Waals surface area contributed by atoms with E-state index in [9.17, 15) is 4.79 Å². The Morgan fingerprint density at radius 1 is 1.75 bits per heavy atom. The first-order valence-corrected chi connectivity index (χ1v) is 6.12. The van der Waals surface area contributed by atoms with Crippen molar-refractivity contribution >= 4 is 23.5 Å². The van der Waals surface area contributed by atoms with Crippen molar-refractivity contribution < 1.29 is 14.4 Å². The van der Waals surface area contributed by atoms with Gasteiger partial charge in [0.1, 0.15) is 5.76 Å². The maximum atomic E-state index is 11.5. The highest BCUT2D eigenvalue weighted by Crippen LogP contribution is 2.14. The first-order chi connectivity index (χ1) is 7.61. The Morgan fingerprint density at radius 3 is 3.06 bits per heavy atom. The molecule has 0 fully saturated rings. The van der Waals surface area contributed by atoms with Crippen LogP contribution in [0.25, 0.3) is 0 Å². The van der Waals surface area contributed by atoms with Gasteiger partial charge in [-0.1, -0.05) is 12.1 Å². The molecule has 0 bridgehead atoms. The van der Waals surface area contributed by atoms with E-state index in [1.165, 1.54) is 11.8 Å². The fourth-order valence-electron chi connectivity index (χ4n) is 1.09. The van der Waals surface area contributed by atoms with Gasteiger partial charge in [-0.15, -0.1) is 11.8 Å². The lowest BCUT2D eigenvalue weighted by molar-refractivity contribution is -0.113. The number of amides is 1. The second-order valence-corrected chi connectivity index (χ2v) is 4.93. The van der Waals surface area contributed by atoms with Crippen LogP contribution in [0.5, 0.6) is 0 Å². The SMILES string of the molecule is Cc1cc(NC(=O)CSC(C)CCO)no1. The molecule has 0 aliphatic rings. The normalized spacial score (nSPS) is 12.4. The number of anilines is 1. The van der Waals surface area contributed by atoms with E-state index in [4.69, 9.17) is 9.63 Å². The van der Waals surface area contributed by atoms with Crippen molar-refractivity contribution in [3.05, 3.63) is 11.8 Å². The molecule has 1 atom stereocenters. The van der Waals surface area contributed by atoms with Crippen LogP contribution in [-0.2, 0) is 4.79 Å². The van der Waals surface area contributed by atoms with E-state index in [1.807, 2.05) is 6.92 Å². The van der Waals surface area contributed by atoms with Crippen LogP contribution in [0.3, 0.4) is 0 Å². The summed E-state index contributed by atoms with van der Waals surface area (Å²) in [6.07, 6.45) is 0.695. The minimum Gasteiger partial charge on any atom is -0.396 e. The molecule has 1 rings (SSSR count). The van der Waals surface area contributed by atoms with Crippen LogP contribution in [0.4, 0.5) is 5.82 Å². The number of aliphatic hydroxyl groups excluding tert-OH is 1. The van der Waals surface area contributed by atoms with Gasteiger partial charge in [0.05, 0.1) is 5.75 Å². The van der Waals surface area contributed by atoms with Crippen molar-refractivity contribution in [3.8, 4) is 0 Å². The molecular formula is C10H16N2O3S. The molecule has 5 nitrogen and oxygen atoms in total. The van der Waals surface area contributed by atoms with Gasteiger partial charge in [0.15, 0.2) is 5.82 Å². The maximum absolute atomic E-state index is 11.5. The fourth-order valence-corrected chi connectivity index (χ4v) is 1.87. The fraction of sp³-hybridized carbons (Fsp3) is 0.600. The van der Waals surface area contributed by atoms with Crippen LogP contribution in [0, 0.1) is 6.92 Å². The predicted octanol–water partition coefficient (Wildman–Crippen LogP) is 1.43. The summed E-state index contributed by atoms with van der Waals surface area (Å²) in [4.78, 5) is 11.5. The lowest BCUT2D eigenvalue weighted by Crippen LogP contribution is -2.16. The van der Waals surface area contributed by atoms with Crippen LogP contribution < -0.4 is 5.32 Å². The molecule has 1 amide bonds. The molecule has 2 N–H and O–H groups in total. The minimum absolute atomic E-state index is 0.108. The Balaban J connectivity index is 2.26. The van der Waals surface area contributed by atoms with Crippen LogP contribution in [0.1, 0.15) is 19.1 Å². The van der Waals surface area contributed by atoms with Gasteiger partial charge in [-0.2, -0.15) is 0 Å². The molecule has 0 radical (unpaired) electrons. The lowest BCUT2D eigenvalue weighted by Gasteiger charge is -2.08. The smallest absolute Gasteiger partial charge is 0.235 e. The molecule has 0 aliphatic heterocycles. The zero-order chi connectivity index (χ0) is 12.0. The van der Waals surface area contributed by atoms with E-state index in [0.29, 0.717) is 23.8 Å². The maximum Gasteiger partial charge on any atom is 0.235 e. The average Bonchev–Trinajstić information content (AvgIpc) is 2.61. The number of carbonyl (C=O) groups excluding carboxylic acids is 1. The van der Waals surface area contributed by atoms with Crippen LogP contribution >= 0.6 is 11.8 Å². The standard InChI is InChI=1S/C10H16N2O3S/c1-7-5-9(12-15-7)11-10(14)6-16-8(2)3-4-13/h5,8,13H,3-4,6H2,1-2H3,(H,11,12,14). The van der Waals surface area contributed by atoms with Gasteiger partial charge < -0.3 is 14.9 Å². The molecule has 0 saturated carbocycles. The highest BCUT2D eigenvalue weighted by atomic mass is 32.2. The van der Waals surface area contributed by atoms with E-state index in [2.05, 4.69) is 10.5 Å². The number of carbonyl (C=O) groups is 1. The number of hydrogen-bond acceptors (Lipinski definition) is 5. The molecule has 1 aromatic heterocycles. The molecule has 6 heteroatoms. The number of hydrogen-bond donors (Lipinski definition) is 2. The summed E-state index contributed by atoms with van der Waals surface area (Å²) in [5, 5.41) is 15.3. The van der Waals surface area contributed by atoms with Gasteiger partial charge in [0.2, 0.25) is 5.91 Å². The van der Waals surface area contributed by atoms with Gasteiger partial charge in [-0.3, -0.25) is 4.79 Å². The minimum atomic E-state index is -0.108. The third kappa shape index (κ3) is 4.67. The zero-order valence-electron chi connectivity index (χ0n) is 9.40. The van der Waals surface area contributed by atoms with Gasteiger partial charge in [-0.05, 0) is 13.3 Å². The second-order valence-electron chi connectivity index (χ2n) is 3.50. The first kappa shape index (κ1) is 13.1. The molecule has 0 spiro atoms. The van der Waals surface area contributed by atoms with Crippen molar-refractivity contribution in [1.29, 1.82) is 0 Å².